The molecule has 0 spiro atoms. The number of rotatable bonds is 8. The fourth-order valence-electron chi connectivity index (χ4n) is 2.81. The summed E-state index contributed by atoms with van der Waals surface area (Å²) in [5.41, 5.74) is 1.46. The number of aryl methyl sites for hydroxylation is 1. The average Bonchev–Trinajstić information content (AvgIpc) is 3.11. The van der Waals surface area contributed by atoms with E-state index in [1.807, 2.05) is 34.8 Å². The molecule has 150 valence electrons. The van der Waals surface area contributed by atoms with Gasteiger partial charge in [0, 0.05) is 31.4 Å². The molecular weight excluding hydrogens is 438 g/mol. The molecule has 0 aromatic carbocycles. The zero-order valence-corrected chi connectivity index (χ0v) is 19.3. The van der Waals surface area contributed by atoms with Crippen LogP contribution in [0.2, 0.25) is 0 Å². The van der Waals surface area contributed by atoms with E-state index in [0.717, 1.165) is 44.9 Å². The molecule has 6 nitrogen and oxygen atoms in total. The molecule has 0 fully saturated rings. The van der Waals surface area contributed by atoms with E-state index in [2.05, 4.69) is 48.6 Å². The molecule has 0 aliphatic rings. The number of ether oxygens (including phenoxy) is 1. The maximum absolute atomic E-state index is 5.58. The number of fused-ring (bicyclic) bond motifs is 1. The highest BCUT2D eigenvalue weighted by Gasteiger charge is 2.21. The van der Waals surface area contributed by atoms with E-state index in [9.17, 15) is 0 Å². The minimum Gasteiger partial charge on any atom is -0.379 e. The van der Waals surface area contributed by atoms with Crippen molar-refractivity contribution in [1.82, 2.24) is 24.7 Å². The van der Waals surface area contributed by atoms with Crippen LogP contribution in [0.5, 0.6) is 0 Å². The smallest absolute Gasteiger partial charge is 0.177 e. The van der Waals surface area contributed by atoms with Gasteiger partial charge in [0.25, 0.3) is 0 Å². The van der Waals surface area contributed by atoms with Crippen molar-refractivity contribution in [2.75, 3.05) is 12.9 Å². The third-order valence-electron chi connectivity index (χ3n) is 4.73. The lowest BCUT2D eigenvalue weighted by molar-refractivity contribution is 0.0114. The SMILES string of the molecule is CCSC(C)c1nc(-c2ccc3cncc(Br)c3n2)n(CCC(C)(C)OC)n1. The van der Waals surface area contributed by atoms with Gasteiger partial charge in [-0.15, -0.1) is 0 Å². The van der Waals surface area contributed by atoms with E-state index < -0.39 is 0 Å². The Morgan fingerprint density at radius 2 is 2.04 bits per heavy atom. The van der Waals surface area contributed by atoms with Crippen LogP contribution in [0.15, 0.2) is 29.0 Å². The molecule has 8 heteroatoms. The molecule has 3 rings (SSSR count). The van der Waals surface area contributed by atoms with Gasteiger partial charge in [-0.3, -0.25) is 4.98 Å². The highest BCUT2D eigenvalue weighted by atomic mass is 79.9. The molecule has 0 bridgehead atoms. The second-order valence-corrected chi connectivity index (χ2v) is 9.69. The van der Waals surface area contributed by atoms with Gasteiger partial charge in [-0.2, -0.15) is 16.9 Å². The van der Waals surface area contributed by atoms with Gasteiger partial charge in [0.15, 0.2) is 11.6 Å². The molecule has 3 heterocycles. The van der Waals surface area contributed by atoms with Crippen LogP contribution in [0.3, 0.4) is 0 Å². The topological polar surface area (TPSA) is 65.7 Å². The summed E-state index contributed by atoms with van der Waals surface area (Å²) in [6.07, 6.45) is 4.40. The van der Waals surface area contributed by atoms with Crippen LogP contribution < -0.4 is 0 Å². The number of hydrogen-bond acceptors (Lipinski definition) is 6. The lowest BCUT2D eigenvalue weighted by Crippen LogP contribution is -2.25. The van der Waals surface area contributed by atoms with Gasteiger partial charge in [-0.05, 0) is 61.0 Å². The Labute approximate surface area is 178 Å². The Kier molecular flexibility index (Phi) is 6.73. The van der Waals surface area contributed by atoms with Crippen molar-refractivity contribution in [2.45, 2.75) is 51.5 Å². The van der Waals surface area contributed by atoms with Crippen LogP contribution in [-0.2, 0) is 11.3 Å². The van der Waals surface area contributed by atoms with Crippen molar-refractivity contribution in [1.29, 1.82) is 0 Å². The molecule has 1 atom stereocenters. The second-order valence-electron chi connectivity index (χ2n) is 7.22. The maximum atomic E-state index is 5.58. The van der Waals surface area contributed by atoms with Crippen molar-refractivity contribution in [2.24, 2.45) is 0 Å². The first-order valence-electron chi connectivity index (χ1n) is 9.36. The third kappa shape index (κ3) is 4.72. The van der Waals surface area contributed by atoms with Crippen LogP contribution in [0.1, 0.15) is 45.2 Å². The summed E-state index contributed by atoms with van der Waals surface area (Å²) in [7, 11) is 1.74. The normalized spacial score (nSPS) is 13.2. The Morgan fingerprint density at radius 1 is 1.25 bits per heavy atom. The predicted octanol–water partition coefficient (Wildman–Crippen LogP) is 5.28. The summed E-state index contributed by atoms with van der Waals surface area (Å²) >= 11 is 5.39. The fraction of sp³-hybridized carbons (Fsp3) is 0.500. The van der Waals surface area contributed by atoms with Gasteiger partial charge in [0.05, 0.1) is 20.8 Å². The molecule has 0 aliphatic heterocycles. The Morgan fingerprint density at radius 3 is 2.75 bits per heavy atom. The zero-order chi connectivity index (χ0) is 20.3. The van der Waals surface area contributed by atoms with Crippen LogP contribution in [0.25, 0.3) is 22.4 Å². The molecule has 0 aliphatic carbocycles. The van der Waals surface area contributed by atoms with Crippen molar-refractivity contribution in [3.05, 3.63) is 34.8 Å². The Balaban J connectivity index is 2.03. The number of thioether (sulfide) groups is 1. The Bertz CT molecular complexity index is 959. The minimum absolute atomic E-state index is 0.224. The summed E-state index contributed by atoms with van der Waals surface area (Å²) < 4.78 is 8.41. The third-order valence-corrected chi connectivity index (χ3v) is 6.35. The van der Waals surface area contributed by atoms with Crippen molar-refractivity contribution in [3.63, 3.8) is 0 Å². The summed E-state index contributed by atoms with van der Waals surface area (Å²) in [5.74, 6) is 2.65. The largest absolute Gasteiger partial charge is 0.379 e. The Hall–Kier alpha value is -1.51. The molecule has 28 heavy (non-hydrogen) atoms. The van der Waals surface area contributed by atoms with E-state index >= 15 is 0 Å². The predicted molar refractivity (Wildman–Crippen MR) is 119 cm³/mol. The van der Waals surface area contributed by atoms with Crippen molar-refractivity contribution < 1.29 is 4.74 Å². The lowest BCUT2D eigenvalue weighted by atomic mass is 10.1. The highest BCUT2D eigenvalue weighted by molar-refractivity contribution is 9.10. The number of methoxy groups -OCH3 is 1. The maximum Gasteiger partial charge on any atom is 0.177 e. The molecular formula is C20H26BrN5OS. The standard InChI is InChI=1S/C20H26BrN5OS/c1-6-28-13(2)18-24-19(26(25-18)10-9-20(3,4)27-5)16-8-7-14-11-22-12-15(21)17(14)23-16/h7-8,11-13H,6,9-10H2,1-5H3. The average molecular weight is 464 g/mol. The molecule has 0 radical (unpaired) electrons. The molecule has 0 amide bonds. The van der Waals surface area contributed by atoms with E-state index in [1.54, 1.807) is 13.3 Å². The monoisotopic (exact) mass is 463 g/mol. The molecule has 0 saturated heterocycles. The van der Waals surface area contributed by atoms with Crippen LogP contribution in [0.4, 0.5) is 0 Å². The fourth-order valence-corrected chi connectivity index (χ4v) is 4.00. The van der Waals surface area contributed by atoms with E-state index in [0.29, 0.717) is 6.54 Å². The molecule has 0 saturated carbocycles. The van der Waals surface area contributed by atoms with Crippen molar-refractivity contribution in [3.8, 4) is 11.5 Å². The van der Waals surface area contributed by atoms with Crippen LogP contribution >= 0.6 is 27.7 Å². The molecule has 1 unspecified atom stereocenters. The molecule has 3 aromatic rings. The van der Waals surface area contributed by atoms with E-state index in [1.165, 1.54) is 0 Å². The first-order valence-corrected chi connectivity index (χ1v) is 11.2. The quantitative estimate of drug-likeness (QED) is 0.452. The summed E-state index contributed by atoms with van der Waals surface area (Å²) in [5, 5.41) is 6.03. The number of nitrogens with zero attached hydrogens (tertiary/aromatic N) is 5. The second kappa shape index (κ2) is 8.88. The molecule has 0 N–H and O–H groups in total. The minimum atomic E-state index is -0.224. The number of pyridine rings is 2. The first kappa shape index (κ1) is 21.2. The van der Waals surface area contributed by atoms with E-state index in [4.69, 9.17) is 19.8 Å². The lowest BCUT2D eigenvalue weighted by Gasteiger charge is -2.22. The highest BCUT2D eigenvalue weighted by Crippen LogP contribution is 2.29. The van der Waals surface area contributed by atoms with Crippen LogP contribution in [-0.4, -0.2) is 43.2 Å². The molecule has 3 aromatic heterocycles. The number of hydrogen-bond donors (Lipinski definition) is 0. The van der Waals surface area contributed by atoms with E-state index in [-0.39, 0.29) is 10.9 Å². The first-order chi connectivity index (χ1) is 13.3. The van der Waals surface area contributed by atoms with Gasteiger partial charge in [-0.25, -0.2) is 14.6 Å². The summed E-state index contributed by atoms with van der Waals surface area (Å²) in [6, 6.07) is 4.01. The van der Waals surface area contributed by atoms with Gasteiger partial charge in [0.2, 0.25) is 0 Å². The van der Waals surface area contributed by atoms with Gasteiger partial charge >= 0.3 is 0 Å². The van der Waals surface area contributed by atoms with Crippen molar-refractivity contribution >= 4 is 38.6 Å². The van der Waals surface area contributed by atoms with Crippen LogP contribution in [0, 0.1) is 0 Å². The zero-order valence-electron chi connectivity index (χ0n) is 16.9. The van der Waals surface area contributed by atoms with Gasteiger partial charge in [0.1, 0.15) is 5.69 Å². The number of aromatic nitrogens is 5. The van der Waals surface area contributed by atoms with Gasteiger partial charge in [-0.1, -0.05) is 6.92 Å². The summed E-state index contributed by atoms with van der Waals surface area (Å²) in [4.78, 5) is 13.9. The number of halogens is 1. The summed E-state index contributed by atoms with van der Waals surface area (Å²) in [6.45, 7) is 9.17. The van der Waals surface area contributed by atoms with Gasteiger partial charge < -0.3 is 4.74 Å².